The molecule has 3 aromatic rings. The largest absolute Gasteiger partial charge is 0.416 e. The number of rotatable bonds is 6. The molecule has 1 heterocycles. The third-order valence-corrected chi connectivity index (χ3v) is 5.16. The van der Waals surface area contributed by atoms with Crippen molar-refractivity contribution in [3.63, 3.8) is 0 Å². The summed E-state index contributed by atoms with van der Waals surface area (Å²) in [7, 11) is 0. The molecule has 9 heteroatoms. The van der Waals surface area contributed by atoms with Crippen LogP contribution < -0.4 is 5.32 Å². The lowest BCUT2D eigenvalue weighted by molar-refractivity contribution is -0.113. The Labute approximate surface area is 172 Å². The van der Waals surface area contributed by atoms with Crippen LogP contribution in [0.1, 0.15) is 11.5 Å². The number of nitrogens with zero attached hydrogens (tertiary/aromatic N) is 2. The molecule has 0 aliphatic heterocycles. The lowest BCUT2D eigenvalue weighted by atomic mass is 10.2. The van der Waals surface area contributed by atoms with Crippen LogP contribution in [-0.2, 0) is 11.2 Å². The number of benzene rings is 2. The SMILES string of the molecule is O=C(CSc1nnc(Cc2ccc(Br)cc2)o1)Nc1cc(Cl)ccc1Cl. The maximum Gasteiger partial charge on any atom is 0.277 e. The van der Waals surface area contributed by atoms with Crippen molar-refractivity contribution in [2.75, 3.05) is 11.1 Å². The van der Waals surface area contributed by atoms with Gasteiger partial charge >= 0.3 is 0 Å². The van der Waals surface area contributed by atoms with Gasteiger partial charge < -0.3 is 9.73 Å². The maximum atomic E-state index is 12.1. The van der Waals surface area contributed by atoms with Gasteiger partial charge in [0.1, 0.15) is 0 Å². The minimum absolute atomic E-state index is 0.114. The summed E-state index contributed by atoms with van der Waals surface area (Å²) < 4.78 is 6.57. The van der Waals surface area contributed by atoms with Crippen LogP contribution in [0.25, 0.3) is 0 Å². The molecular weight excluding hydrogens is 461 g/mol. The molecule has 0 saturated heterocycles. The zero-order valence-electron chi connectivity index (χ0n) is 13.2. The molecule has 1 amide bonds. The number of halogens is 3. The van der Waals surface area contributed by atoms with Gasteiger partial charge in [0.25, 0.3) is 5.22 Å². The average molecular weight is 473 g/mol. The number of thioether (sulfide) groups is 1. The molecule has 26 heavy (non-hydrogen) atoms. The first kappa shape index (κ1) is 19.2. The van der Waals surface area contributed by atoms with E-state index in [1.807, 2.05) is 24.3 Å². The predicted octanol–water partition coefficient (Wildman–Crippen LogP) is 5.46. The van der Waals surface area contributed by atoms with Gasteiger partial charge in [-0.2, -0.15) is 0 Å². The zero-order chi connectivity index (χ0) is 18.5. The minimum atomic E-state index is -0.244. The van der Waals surface area contributed by atoms with Crippen LogP contribution in [0.5, 0.6) is 0 Å². The molecular formula is C17H12BrCl2N3O2S. The van der Waals surface area contributed by atoms with Crippen molar-refractivity contribution in [3.8, 4) is 0 Å². The molecule has 0 atom stereocenters. The molecule has 3 rings (SSSR count). The average Bonchev–Trinajstić information content (AvgIpc) is 3.06. The van der Waals surface area contributed by atoms with E-state index in [1.54, 1.807) is 18.2 Å². The Hall–Kier alpha value is -1.54. The van der Waals surface area contributed by atoms with E-state index in [0.29, 0.717) is 33.3 Å². The summed E-state index contributed by atoms with van der Waals surface area (Å²) in [6.45, 7) is 0. The van der Waals surface area contributed by atoms with E-state index in [2.05, 4.69) is 31.4 Å². The van der Waals surface area contributed by atoms with E-state index in [0.717, 1.165) is 21.8 Å². The van der Waals surface area contributed by atoms with Gasteiger partial charge in [0.15, 0.2) is 0 Å². The van der Waals surface area contributed by atoms with E-state index >= 15 is 0 Å². The Kier molecular flexibility index (Phi) is 6.58. The number of amides is 1. The molecule has 0 aliphatic carbocycles. The van der Waals surface area contributed by atoms with Crippen molar-refractivity contribution < 1.29 is 9.21 Å². The first-order chi connectivity index (χ1) is 12.5. The van der Waals surface area contributed by atoms with Gasteiger partial charge in [-0.3, -0.25) is 4.79 Å². The Balaban J connectivity index is 1.53. The zero-order valence-corrected chi connectivity index (χ0v) is 17.1. The quantitative estimate of drug-likeness (QED) is 0.482. The maximum absolute atomic E-state index is 12.1. The highest BCUT2D eigenvalue weighted by atomic mass is 79.9. The number of carbonyl (C=O) groups excluding carboxylic acids is 1. The lowest BCUT2D eigenvalue weighted by Crippen LogP contribution is -2.14. The fraction of sp³-hybridized carbons (Fsp3) is 0.118. The summed E-state index contributed by atoms with van der Waals surface area (Å²) in [5.41, 5.74) is 1.52. The summed E-state index contributed by atoms with van der Waals surface area (Å²) in [6.07, 6.45) is 0.533. The topological polar surface area (TPSA) is 68.0 Å². The second kappa shape index (κ2) is 8.90. The first-order valence-corrected chi connectivity index (χ1v) is 9.97. The molecule has 1 N–H and O–H groups in total. The van der Waals surface area contributed by atoms with E-state index in [1.165, 1.54) is 0 Å². The van der Waals surface area contributed by atoms with Crippen molar-refractivity contribution in [3.05, 3.63) is 68.4 Å². The third kappa shape index (κ3) is 5.48. The Morgan fingerprint density at radius 2 is 1.92 bits per heavy atom. The Morgan fingerprint density at radius 1 is 1.15 bits per heavy atom. The fourth-order valence-electron chi connectivity index (χ4n) is 2.05. The molecule has 0 spiro atoms. The van der Waals surface area contributed by atoms with E-state index < -0.39 is 0 Å². The lowest BCUT2D eigenvalue weighted by Gasteiger charge is -2.06. The predicted molar refractivity (Wildman–Crippen MR) is 107 cm³/mol. The van der Waals surface area contributed by atoms with Gasteiger partial charge in [0.05, 0.1) is 22.9 Å². The monoisotopic (exact) mass is 471 g/mol. The summed E-state index contributed by atoms with van der Waals surface area (Å²) in [5, 5.41) is 11.9. The molecule has 0 fully saturated rings. The van der Waals surface area contributed by atoms with E-state index in [-0.39, 0.29) is 11.7 Å². The second-order valence-corrected chi connectivity index (χ2v) is 7.91. The van der Waals surface area contributed by atoms with Crippen LogP contribution in [-0.4, -0.2) is 21.9 Å². The number of hydrogen-bond acceptors (Lipinski definition) is 5. The number of carbonyl (C=O) groups is 1. The van der Waals surface area contributed by atoms with Gasteiger partial charge in [0, 0.05) is 9.50 Å². The normalized spacial score (nSPS) is 10.7. The van der Waals surface area contributed by atoms with Crippen molar-refractivity contribution in [1.82, 2.24) is 10.2 Å². The summed E-state index contributed by atoms with van der Waals surface area (Å²) >= 11 is 16.5. The van der Waals surface area contributed by atoms with Crippen LogP contribution in [0.15, 0.2) is 56.6 Å². The van der Waals surface area contributed by atoms with Gasteiger partial charge in [0.2, 0.25) is 11.8 Å². The third-order valence-electron chi connectivity index (χ3n) is 3.25. The fourth-order valence-corrected chi connectivity index (χ4v) is 3.23. The van der Waals surface area contributed by atoms with Crippen molar-refractivity contribution in [2.45, 2.75) is 11.6 Å². The smallest absolute Gasteiger partial charge is 0.277 e. The van der Waals surface area contributed by atoms with Crippen molar-refractivity contribution in [1.29, 1.82) is 0 Å². The van der Waals surface area contributed by atoms with Crippen molar-refractivity contribution in [2.24, 2.45) is 0 Å². The van der Waals surface area contributed by atoms with Gasteiger partial charge in [-0.15, -0.1) is 10.2 Å². The molecule has 0 saturated carbocycles. The summed E-state index contributed by atoms with van der Waals surface area (Å²) in [4.78, 5) is 12.1. The number of hydrogen-bond donors (Lipinski definition) is 1. The highest BCUT2D eigenvalue weighted by Crippen LogP contribution is 2.26. The van der Waals surface area contributed by atoms with Crippen LogP contribution in [0, 0.1) is 0 Å². The molecule has 1 aromatic heterocycles. The highest BCUT2D eigenvalue weighted by molar-refractivity contribution is 9.10. The van der Waals surface area contributed by atoms with Crippen molar-refractivity contribution >= 4 is 62.5 Å². The van der Waals surface area contributed by atoms with Crippen LogP contribution in [0.2, 0.25) is 10.0 Å². The summed E-state index contributed by atoms with van der Waals surface area (Å²) in [6, 6.07) is 12.7. The number of aromatic nitrogens is 2. The number of anilines is 1. The minimum Gasteiger partial charge on any atom is -0.416 e. The van der Waals surface area contributed by atoms with Gasteiger partial charge in [-0.25, -0.2) is 0 Å². The van der Waals surface area contributed by atoms with E-state index in [4.69, 9.17) is 27.6 Å². The molecule has 134 valence electrons. The van der Waals surface area contributed by atoms with Gasteiger partial charge in [-0.05, 0) is 35.9 Å². The Bertz CT molecular complexity index is 919. The van der Waals surface area contributed by atoms with Crippen LogP contribution in [0.3, 0.4) is 0 Å². The number of nitrogens with one attached hydrogen (secondary N) is 1. The van der Waals surface area contributed by atoms with Crippen LogP contribution in [0.4, 0.5) is 5.69 Å². The standard InChI is InChI=1S/C17H12BrCl2N3O2S/c18-11-3-1-10(2-4-11)7-16-22-23-17(25-16)26-9-15(24)21-14-8-12(19)5-6-13(14)20/h1-6,8H,7,9H2,(H,21,24). The molecule has 0 unspecified atom stereocenters. The molecule has 0 radical (unpaired) electrons. The highest BCUT2D eigenvalue weighted by Gasteiger charge is 2.12. The van der Waals surface area contributed by atoms with E-state index in [9.17, 15) is 4.79 Å². The molecule has 5 nitrogen and oxygen atoms in total. The molecule has 0 aliphatic rings. The second-order valence-electron chi connectivity index (χ2n) is 5.23. The van der Waals surface area contributed by atoms with Crippen LogP contribution >= 0.6 is 50.9 Å². The molecule has 0 bridgehead atoms. The molecule has 2 aromatic carbocycles. The van der Waals surface area contributed by atoms with Gasteiger partial charge in [-0.1, -0.05) is 63.0 Å². The summed E-state index contributed by atoms with van der Waals surface area (Å²) in [5.74, 6) is 0.364. The first-order valence-electron chi connectivity index (χ1n) is 7.44. The Morgan fingerprint density at radius 3 is 2.69 bits per heavy atom.